The lowest BCUT2D eigenvalue weighted by Crippen LogP contribution is -2.17. The van der Waals surface area contributed by atoms with Crippen LogP contribution < -0.4 is 4.90 Å². The maximum absolute atomic E-state index is 11.0. The summed E-state index contributed by atoms with van der Waals surface area (Å²) in [5.74, 6) is 0.0631. The summed E-state index contributed by atoms with van der Waals surface area (Å²) in [5, 5.41) is 9.80. The van der Waals surface area contributed by atoms with Gasteiger partial charge in [-0.3, -0.25) is 4.79 Å². The van der Waals surface area contributed by atoms with E-state index in [1.54, 1.807) is 13.0 Å². The molecule has 1 aliphatic rings. The molecule has 1 N–H and O–H groups in total. The molecule has 0 aliphatic carbocycles. The highest BCUT2D eigenvalue weighted by molar-refractivity contribution is 5.83. The number of nitrogens with zero attached hydrogens (tertiary/aromatic N) is 1. The molecule has 2 aromatic rings. The number of aldehydes is 1. The first-order valence-corrected chi connectivity index (χ1v) is 7.99. The summed E-state index contributed by atoms with van der Waals surface area (Å²) >= 11 is 0. The number of hydrogen-bond acceptors (Lipinski definition) is 3. The van der Waals surface area contributed by atoms with E-state index in [0.29, 0.717) is 17.4 Å². The Balaban J connectivity index is 1.84. The zero-order valence-electron chi connectivity index (χ0n) is 13.3. The highest BCUT2D eigenvalue weighted by Gasteiger charge is 2.11. The van der Waals surface area contributed by atoms with Gasteiger partial charge >= 0.3 is 0 Å². The number of aryl methyl sites for hydroxylation is 1. The van der Waals surface area contributed by atoms with Crippen LogP contribution in [0, 0.1) is 6.92 Å². The summed E-state index contributed by atoms with van der Waals surface area (Å²) in [6, 6.07) is 12.1. The van der Waals surface area contributed by atoms with Crippen molar-refractivity contribution in [2.45, 2.75) is 19.8 Å². The van der Waals surface area contributed by atoms with Crippen LogP contribution in [0.2, 0.25) is 0 Å². The third-order valence-electron chi connectivity index (χ3n) is 4.29. The molecular weight excluding hydrogens is 286 g/mol. The average molecular weight is 307 g/mol. The monoisotopic (exact) mass is 307 g/mol. The number of anilines is 1. The van der Waals surface area contributed by atoms with E-state index < -0.39 is 0 Å². The largest absolute Gasteiger partial charge is 0.507 e. The molecule has 0 saturated carbocycles. The Kier molecular flexibility index (Phi) is 4.47. The maximum Gasteiger partial charge on any atom is 0.153 e. The van der Waals surface area contributed by atoms with E-state index in [4.69, 9.17) is 0 Å². The molecule has 2 aromatic carbocycles. The van der Waals surface area contributed by atoms with Crippen LogP contribution >= 0.6 is 0 Å². The predicted octanol–water partition coefficient (Wildman–Crippen LogP) is 4.28. The molecular formula is C20H21NO2. The second-order valence-corrected chi connectivity index (χ2v) is 6.02. The van der Waals surface area contributed by atoms with Crippen LogP contribution in [0.5, 0.6) is 5.75 Å². The lowest BCUT2D eigenvalue weighted by molar-refractivity contribution is 0.112. The average Bonchev–Trinajstić information content (AvgIpc) is 3.10. The Morgan fingerprint density at radius 3 is 2.52 bits per heavy atom. The van der Waals surface area contributed by atoms with Crippen molar-refractivity contribution in [3.05, 3.63) is 58.7 Å². The lowest BCUT2D eigenvalue weighted by Gasteiger charge is -2.17. The van der Waals surface area contributed by atoms with Gasteiger partial charge in [0.1, 0.15) is 5.75 Å². The molecule has 0 aromatic heterocycles. The topological polar surface area (TPSA) is 40.5 Å². The zero-order chi connectivity index (χ0) is 16.2. The van der Waals surface area contributed by atoms with E-state index in [2.05, 4.69) is 29.2 Å². The molecule has 1 saturated heterocycles. The van der Waals surface area contributed by atoms with Crippen molar-refractivity contribution in [3.8, 4) is 5.75 Å². The minimum Gasteiger partial charge on any atom is -0.507 e. The number of aromatic hydroxyl groups is 1. The van der Waals surface area contributed by atoms with Crippen LogP contribution in [0.15, 0.2) is 36.4 Å². The molecule has 1 aliphatic heterocycles. The summed E-state index contributed by atoms with van der Waals surface area (Å²) in [4.78, 5) is 13.4. The van der Waals surface area contributed by atoms with Gasteiger partial charge in [-0.1, -0.05) is 24.3 Å². The highest BCUT2D eigenvalue weighted by atomic mass is 16.3. The van der Waals surface area contributed by atoms with Crippen LogP contribution in [0.3, 0.4) is 0 Å². The Labute approximate surface area is 136 Å². The maximum atomic E-state index is 11.0. The molecule has 118 valence electrons. The number of benzene rings is 2. The molecule has 0 atom stereocenters. The summed E-state index contributed by atoms with van der Waals surface area (Å²) in [7, 11) is 0. The van der Waals surface area contributed by atoms with Gasteiger partial charge in [0.05, 0.1) is 5.56 Å². The quantitative estimate of drug-likeness (QED) is 0.677. The van der Waals surface area contributed by atoms with Gasteiger partial charge in [0, 0.05) is 18.8 Å². The molecule has 0 radical (unpaired) electrons. The number of rotatable bonds is 4. The minimum atomic E-state index is 0.0631. The normalized spacial score (nSPS) is 14.6. The van der Waals surface area contributed by atoms with Gasteiger partial charge in [0.15, 0.2) is 6.29 Å². The molecule has 1 fully saturated rings. The van der Waals surface area contributed by atoms with E-state index >= 15 is 0 Å². The Morgan fingerprint density at radius 1 is 1.04 bits per heavy atom. The van der Waals surface area contributed by atoms with E-state index in [9.17, 15) is 9.90 Å². The van der Waals surface area contributed by atoms with Crippen LogP contribution in [0.25, 0.3) is 12.2 Å². The molecule has 3 nitrogen and oxygen atoms in total. The standard InChI is InChI=1S/C20H21NO2/c1-15-11-17(12-18(14-22)20(15)23)8-7-16-5-4-6-19(13-16)21-9-2-3-10-21/h4-8,11-14,23H,2-3,9-10H2,1H3/b8-7+. The fraction of sp³-hybridized carbons (Fsp3) is 0.250. The van der Waals surface area contributed by atoms with Gasteiger partial charge in [-0.15, -0.1) is 0 Å². The summed E-state index contributed by atoms with van der Waals surface area (Å²) in [6.45, 7) is 4.06. The second kappa shape index (κ2) is 6.69. The van der Waals surface area contributed by atoms with E-state index in [1.165, 1.54) is 18.5 Å². The molecule has 0 unspecified atom stereocenters. The smallest absolute Gasteiger partial charge is 0.153 e. The summed E-state index contributed by atoms with van der Waals surface area (Å²) in [5.41, 5.74) is 4.34. The van der Waals surface area contributed by atoms with Crippen molar-refractivity contribution in [2.24, 2.45) is 0 Å². The van der Waals surface area contributed by atoms with Crippen LogP contribution in [0.1, 0.15) is 39.9 Å². The molecule has 0 bridgehead atoms. The van der Waals surface area contributed by atoms with Crippen molar-refractivity contribution in [3.63, 3.8) is 0 Å². The first-order chi connectivity index (χ1) is 11.2. The third-order valence-corrected chi connectivity index (χ3v) is 4.29. The number of phenolic OH excluding ortho intramolecular Hbond substituents is 1. The van der Waals surface area contributed by atoms with Crippen molar-refractivity contribution < 1.29 is 9.90 Å². The van der Waals surface area contributed by atoms with Gasteiger partial charge in [-0.2, -0.15) is 0 Å². The highest BCUT2D eigenvalue weighted by Crippen LogP contribution is 2.25. The predicted molar refractivity (Wildman–Crippen MR) is 95.0 cm³/mol. The number of carbonyl (C=O) groups is 1. The van der Waals surface area contributed by atoms with Gasteiger partial charge in [0.25, 0.3) is 0 Å². The Morgan fingerprint density at radius 2 is 1.78 bits per heavy atom. The summed E-state index contributed by atoms with van der Waals surface area (Å²) in [6.07, 6.45) is 7.23. The van der Waals surface area contributed by atoms with Crippen molar-refractivity contribution in [1.29, 1.82) is 0 Å². The van der Waals surface area contributed by atoms with Crippen molar-refractivity contribution in [1.82, 2.24) is 0 Å². The van der Waals surface area contributed by atoms with E-state index in [-0.39, 0.29) is 5.75 Å². The van der Waals surface area contributed by atoms with Crippen LogP contribution in [-0.2, 0) is 0 Å². The van der Waals surface area contributed by atoms with Gasteiger partial charge in [-0.25, -0.2) is 0 Å². The van der Waals surface area contributed by atoms with Crippen molar-refractivity contribution >= 4 is 24.1 Å². The fourth-order valence-electron chi connectivity index (χ4n) is 3.01. The van der Waals surface area contributed by atoms with Gasteiger partial charge in [0.2, 0.25) is 0 Å². The molecule has 0 amide bonds. The number of carbonyl (C=O) groups excluding carboxylic acids is 1. The molecule has 0 spiro atoms. The number of hydrogen-bond donors (Lipinski definition) is 1. The van der Waals surface area contributed by atoms with E-state index in [0.717, 1.165) is 24.2 Å². The number of phenols is 1. The van der Waals surface area contributed by atoms with E-state index in [1.807, 2.05) is 18.2 Å². The minimum absolute atomic E-state index is 0.0631. The molecule has 3 rings (SSSR count). The van der Waals surface area contributed by atoms with Gasteiger partial charge in [-0.05, 0) is 60.7 Å². The Bertz CT molecular complexity index is 743. The molecule has 3 heteroatoms. The third kappa shape index (κ3) is 3.45. The van der Waals surface area contributed by atoms with Gasteiger partial charge < -0.3 is 10.0 Å². The van der Waals surface area contributed by atoms with Crippen LogP contribution in [-0.4, -0.2) is 24.5 Å². The van der Waals surface area contributed by atoms with Crippen molar-refractivity contribution in [2.75, 3.05) is 18.0 Å². The second-order valence-electron chi connectivity index (χ2n) is 6.02. The molecule has 23 heavy (non-hydrogen) atoms. The van der Waals surface area contributed by atoms with Crippen LogP contribution in [0.4, 0.5) is 5.69 Å². The SMILES string of the molecule is Cc1cc(/C=C/c2cccc(N3CCCC3)c2)cc(C=O)c1O. The summed E-state index contributed by atoms with van der Waals surface area (Å²) < 4.78 is 0. The first kappa shape index (κ1) is 15.3. The fourth-order valence-corrected chi connectivity index (χ4v) is 3.01. The zero-order valence-corrected chi connectivity index (χ0v) is 13.3. The molecule has 1 heterocycles. The lowest BCUT2D eigenvalue weighted by atomic mass is 10.0. The first-order valence-electron chi connectivity index (χ1n) is 7.99. The Hall–Kier alpha value is -2.55.